The molecule has 1 rings (SSSR count). The molecule has 0 aromatic heterocycles. The van der Waals surface area contributed by atoms with Crippen LogP contribution in [0.3, 0.4) is 0 Å². The Balaban J connectivity index is 2.57. The van der Waals surface area contributed by atoms with Gasteiger partial charge in [0.25, 0.3) is 0 Å². The molecule has 21 heavy (non-hydrogen) atoms. The summed E-state index contributed by atoms with van der Waals surface area (Å²) in [7, 11) is 1.34. The molecule has 0 aliphatic heterocycles. The number of hydrogen-bond donors (Lipinski definition) is 2. The zero-order chi connectivity index (χ0) is 16.0. The zero-order valence-corrected chi connectivity index (χ0v) is 13.1. The number of carbonyl (C=O) groups is 2. The van der Waals surface area contributed by atoms with E-state index in [0.29, 0.717) is 12.1 Å². The van der Waals surface area contributed by atoms with Crippen LogP contribution >= 0.6 is 0 Å². The van der Waals surface area contributed by atoms with E-state index in [9.17, 15) is 9.59 Å². The molecule has 0 atom stereocenters. The molecule has 0 aliphatic carbocycles. The van der Waals surface area contributed by atoms with Crippen LogP contribution in [0.4, 0.5) is 4.79 Å². The van der Waals surface area contributed by atoms with E-state index >= 15 is 0 Å². The summed E-state index contributed by atoms with van der Waals surface area (Å²) in [6, 6.07) is 5.42. The summed E-state index contributed by atoms with van der Waals surface area (Å²) in [5.41, 5.74) is 6.83. The lowest BCUT2D eigenvalue weighted by Gasteiger charge is -2.19. The van der Waals surface area contributed by atoms with Crippen LogP contribution in [0.25, 0.3) is 0 Å². The molecule has 1 amide bonds. The third kappa shape index (κ3) is 5.83. The van der Waals surface area contributed by atoms with Gasteiger partial charge in [0.05, 0.1) is 12.7 Å². The number of ether oxygens (including phenoxy) is 2. The molecule has 0 unspecified atom stereocenters. The number of rotatable bonds is 4. The molecule has 0 aliphatic rings. The predicted octanol–water partition coefficient (Wildman–Crippen LogP) is 2.31. The monoisotopic (exact) mass is 294 g/mol. The van der Waals surface area contributed by atoms with Crippen LogP contribution < -0.4 is 10.9 Å². The summed E-state index contributed by atoms with van der Waals surface area (Å²) in [5.74, 6) is -0.380. The molecule has 6 nitrogen and oxygen atoms in total. The fourth-order valence-corrected chi connectivity index (χ4v) is 1.63. The number of methoxy groups -OCH3 is 1. The van der Waals surface area contributed by atoms with E-state index < -0.39 is 11.7 Å². The molecular weight excluding hydrogens is 272 g/mol. The fourth-order valence-electron chi connectivity index (χ4n) is 1.63. The van der Waals surface area contributed by atoms with Crippen molar-refractivity contribution in [1.82, 2.24) is 10.9 Å². The maximum absolute atomic E-state index is 11.6. The highest BCUT2D eigenvalue weighted by atomic mass is 16.6. The summed E-state index contributed by atoms with van der Waals surface area (Å²) in [6.45, 7) is 7.56. The maximum atomic E-state index is 11.6. The van der Waals surface area contributed by atoms with E-state index in [2.05, 4.69) is 10.9 Å². The van der Waals surface area contributed by atoms with Crippen molar-refractivity contribution in [3.05, 3.63) is 34.9 Å². The Hall–Kier alpha value is -2.08. The molecule has 6 heteroatoms. The van der Waals surface area contributed by atoms with Crippen molar-refractivity contribution in [2.75, 3.05) is 7.11 Å². The van der Waals surface area contributed by atoms with Gasteiger partial charge in [0.1, 0.15) is 5.60 Å². The molecule has 0 radical (unpaired) electrons. The topological polar surface area (TPSA) is 76.7 Å². The van der Waals surface area contributed by atoms with E-state index in [1.54, 1.807) is 26.8 Å². The van der Waals surface area contributed by atoms with Crippen molar-refractivity contribution in [1.29, 1.82) is 0 Å². The maximum Gasteiger partial charge on any atom is 0.422 e. The molecule has 0 saturated carbocycles. The number of esters is 1. The van der Waals surface area contributed by atoms with Crippen LogP contribution in [0, 0.1) is 6.92 Å². The minimum atomic E-state index is -0.553. The van der Waals surface area contributed by atoms with Crippen LogP contribution in [-0.4, -0.2) is 24.8 Å². The molecule has 0 fully saturated rings. The Bertz CT molecular complexity index is 521. The Kier molecular flexibility index (Phi) is 5.72. The fraction of sp³-hybridized carbons (Fsp3) is 0.467. The Morgan fingerprint density at radius 2 is 1.90 bits per heavy atom. The van der Waals surface area contributed by atoms with Gasteiger partial charge in [-0.05, 0) is 44.9 Å². The minimum Gasteiger partial charge on any atom is -0.465 e. The van der Waals surface area contributed by atoms with Crippen molar-refractivity contribution in [2.24, 2.45) is 0 Å². The smallest absolute Gasteiger partial charge is 0.422 e. The quantitative estimate of drug-likeness (QED) is 0.658. The normalized spacial score (nSPS) is 10.9. The van der Waals surface area contributed by atoms with Gasteiger partial charge >= 0.3 is 12.1 Å². The summed E-state index contributed by atoms with van der Waals surface area (Å²) in [4.78, 5) is 23.0. The van der Waals surface area contributed by atoms with Crippen LogP contribution in [0.15, 0.2) is 18.2 Å². The molecule has 1 aromatic rings. The van der Waals surface area contributed by atoms with Gasteiger partial charge in [-0.1, -0.05) is 12.1 Å². The second kappa shape index (κ2) is 7.08. The molecular formula is C15H22N2O4. The van der Waals surface area contributed by atoms with Gasteiger partial charge in [0, 0.05) is 6.54 Å². The summed E-state index contributed by atoms with van der Waals surface area (Å²) >= 11 is 0. The standard InChI is InChI=1S/C15H22N2O4/c1-10-6-7-11(8-12(10)13(18)20-5)9-16-17-14(19)21-15(2,3)4/h6-8,16H,9H2,1-5H3,(H,17,19). The highest BCUT2D eigenvalue weighted by Gasteiger charge is 2.15. The number of carbonyl (C=O) groups excluding carboxylic acids is 2. The van der Waals surface area contributed by atoms with Gasteiger partial charge < -0.3 is 9.47 Å². The zero-order valence-electron chi connectivity index (χ0n) is 13.1. The van der Waals surface area contributed by atoms with Crippen molar-refractivity contribution in [3.63, 3.8) is 0 Å². The van der Waals surface area contributed by atoms with Crippen molar-refractivity contribution < 1.29 is 19.1 Å². The molecule has 0 spiro atoms. The average molecular weight is 294 g/mol. The number of amides is 1. The van der Waals surface area contributed by atoms with Crippen LogP contribution in [0.1, 0.15) is 42.3 Å². The number of benzene rings is 1. The van der Waals surface area contributed by atoms with Gasteiger partial charge in [-0.3, -0.25) is 5.43 Å². The van der Waals surface area contributed by atoms with Crippen molar-refractivity contribution in [2.45, 2.75) is 39.8 Å². The molecule has 0 bridgehead atoms. The number of nitrogens with one attached hydrogen (secondary N) is 2. The lowest BCUT2D eigenvalue weighted by atomic mass is 10.1. The Labute approximate surface area is 124 Å². The third-order valence-corrected chi connectivity index (χ3v) is 2.59. The van der Waals surface area contributed by atoms with E-state index in [1.807, 2.05) is 19.1 Å². The Morgan fingerprint density at radius 3 is 2.48 bits per heavy atom. The van der Waals surface area contributed by atoms with E-state index in [4.69, 9.17) is 9.47 Å². The van der Waals surface area contributed by atoms with Gasteiger partial charge in [0.15, 0.2) is 0 Å². The third-order valence-electron chi connectivity index (χ3n) is 2.59. The van der Waals surface area contributed by atoms with Gasteiger partial charge in [0.2, 0.25) is 0 Å². The van der Waals surface area contributed by atoms with Crippen LogP contribution in [-0.2, 0) is 16.0 Å². The SMILES string of the molecule is COC(=O)c1cc(CNNC(=O)OC(C)(C)C)ccc1C. The van der Waals surface area contributed by atoms with Gasteiger partial charge in [-0.15, -0.1) is 0 Å². The van der Waals surface area contributed by atoms with Crippen LogP contribution in [0.5, 0.6) is 0 Å². The second-order valence-corrected chi connectivity index (χ2v) is 5.62. The Morgan fingerprint density at radius 1 is 1.24 bits per heavy atom. The average Bonchev–Trinajstić information content (AvgIpc) is 2.37. The first kappa shape index (κ1) is 17.0. The first-order chi connectivity index (χ1) is 9.73. The van der Waals surface area contributed by atoms with Crippen LogP contribution in [0.2, 0.25) is 0 Å². The summed E-state index contributed by atoms with van der Waals surface area (Å²) in [5, 5.41) is 0. The summed E-state index contributed by atoms with van der Waals surface area (Å²) in [6.07, 6.45) is -0.553. The molecule has 0 heterocycles. The van der Waals surface area contributed by atoms with Gasteiger partial charge in [-0.25, -0.2) is 15.0 Å². The van der Waals surface area contributed by atoms with E-state index in [1.165, 1.54) is 7.11 Å². The first-order valence-electron chi connectivity index (χ1n) is 6.62. The lowest BCUT2D eigenvalue weighted by molar-refractivity contribution is 0.0495. The number of aryl methyl sites for hydroxylation is 1. The van der Waals surface area contributed by atoms with Gasteiger partial charge in [-0.2, -0.15) is 0 Å². The van der Waals surface area contributed by atoms with Crippen molar-refractivity contribution in [3.8, 4) is 0 Å². The number of hydrazine groups is 1. The minimum absolute atomic E-state index is 0.365. The first-order valence-corrected chi connectivity index (χ1v) is 6.62. The lowest BCUT2D eigenvalue weighted by Crippen LogP contribution is -2.40. The predicted molar refractivity (Wildman–Crippen MR) is 78.7 cm³/mol. The van der Waals surface area contributed by atoms with E-state index in [0.717, 1.165) is 11.1 Å². The highest BCUT2D eigenvalue weighted by molar-refractivity contribution is 5.91. The molecule has 0 saturated heterocycles. The second-order valence-electron chi connectivity index (χ2n) is 5.62. The van der Waals surface area contributed by atoms with E-state index in [-0.39, 0.29) is 5.97 Å². The summed E-state index contributed by atoms with van der Waals surface area (Å²) < 4.78 is 9.81. The number of hydrogen-bond acceptors (Lipinski definition) is 5. The highest BCUT2D eigenvalue weighted by Crippen LogP contribution is 2.12. The molecule has 2 N–H and O–H groups in total. The largest absolute Gasteiger partial charge is 0.465 e. The molecule has 116 valence electrons. The molecule has 1 aromatic carbocycles. The van der Waals surface area contributed by atoms with Crippen molar-refractivity contribution >= 4 is 12.1 Å².